The van der Waals surface area contributed by atoms with Crippen LogP contribution in [-0.2, 0) is 9.53 Å². The summed E-state index contributed by atoms with van der Waals surface area (Å²) in [6.07, 6.45) is 0. The third-order valence-corrected chi connectivity index (χ3v) is 7.38. The Kier molecular flexibility index (Phi) is 8.91. The van der Waals surface area contributed by atoms with Gasteiger partial charge < -0.3 is 20.3 Å². The monoisotopic (exact) mass is 533 g/mol. The van der Waals surface area contributed by atoms with Crippen molar-refractivity contribution in [3.05, 3.63) is 77.0 Å². The third-order valence-electron chi connectivity index (χ3n) is 7.38. The van der Waals surface area contributed by atoms with E-state index in [-0.39, 0.29) is 24.7 Å². The predicted octanol–water partition coefficient (Wildman–Crippen LogP) is 4.56. The van der Waals surface area contributed by atoms with Crippen molar-refractivity contribution in [1.82, 2.24) is 20.0 Å². The van der Waals surface area contributed by atoms with Gasteiger partial charge in [0.2, 0.25) is 0 Å². The Labute approximate surface area is 230 Å². The molecule has 0 aromatic heterocycles. The van der Waals surface area contributed by atoms with Crippen molar-refractivity contribution in [2.75, 3.05) is 45.2 Å². The highest BCUT2D eigenvalue weighted by atomic mass is 16.5. The number of amides is 4. The van der Waals surface area contributed by atoms with Gasteiger partial charge in [-0.2, -0.15) is 0 Å². The largest absolute Gasteiger partial charge is 0.463 e. The minimum atomic E-state index is -0.612. The summed E-state index contributed by atoms with van der Waals surface area (Å²) >= 11 is 0. The Morgan fingerprint density at radius 2 is 1.77 bits per heavy atom. The lowest BCUT2D eigenvalue weighted by Crippen LogP contribution is -2.56. The second kappa shape index (κ2) is 12.3. The number of urea groups is 2. The van der Waals surface area contributed by atoms with Crippen molar-refractivity contribution in [3.63, 3.8) is 0 Å². The molecule has 9 nitrogen and oxygen atoms in total. The molecular weight excluding hydrogens is 494 g/mol. The van der Waals surface area contributed by atoms with Crippen molar-refractivity contribution in [2.45, 2.75) is 45.7 Å². The number of rotatable bonds is 7. The van der Waals surface area contributed by atoms with E-state index in [0.29, 0.717) is 43.4 Å². The molecule has 2 aromatic rings. The molecule has 2 atom stereocenters. The molecule has 2 aliphatic rings. The Morgan fingerprint density at radius 3 is 2.38 bits per heavy atom. The van der Waals surface area contributed by atoms with Crippen LogP contribution in [0.1, 0.15) is 50.8 Å². The van der Waals surface area contributed by atoms with Crippen LogP contribution >= 0.6 is 0 Å². The molecular formula is C30H39N5O4. The van der Waals surface area contributed by atoms with Crippen molar-refractivity contribution >= 4 is 23.7 Å². The minimum Gasteiger partial charge on any atom is -0.463 e. The first-order valence-corrected chi connectivity index (χ1v) is 13.6. The van der Waals surface area contributed by atoms with Crippen molar-refractivity contribution < 1.29 is 19.1 Å². The fraction of sp³-hybridized carbons (Fsp3) is 0.433. The van der Waals surface area contributed by atoms with Crippen LogP contribution in [0.3, 0.4) is 0 Å². The Balaban J connectivity index is 1.56. The molecule has 1 saturated heterocycles. The predicted molar refractivity (Wildman–Crippen MR) is 151 cm³/mol. The van der Waals surface area contributed by atoms with Gasteiger partial charge in [0.1, 0.15) is 0 Å². The molecule has 0 spiro atoms. The molecule has 9 heteroatoms. The van der Waals surface area contributed by atoms with Crippen LogP contribution in [0.4, 0.5) is 15.3 Å². The fourth-order valence-corrected chi connectivity index (χ4v) is 5.13. The van der Waals surface area contributed by atoms with Gasteiger partial charge >= 0.3 is 18.0 Å². The summed E-state index contributed by atoms with van der Waals surface area (Å²) in [5.74, 6) is -0.0663. The van der Waals surface area contributed by atoms with E-state index in [1.54, 1.807) is 14.0 Å². The summed E-state index contributed by atoms with van der Waals surface area (Å²) in [5.41, 5.74) is 3.82. The van der Waals surface area contributed by atoms with Crippen LogP contribution in [0.5, 0.6) is 0 Å². The molecule has 0 unspecified atom stereocenters. The molecule has 0 saturated carbocycles. The number of hydrogen-bond donors (Lipinski definition) is 2. The first-order chi connectivity index (χ1) is 18.7. The molecule has 2 aliphatic heterocycles. The number of likely N-dealkylation sites (N-methyl/N-ethyl adjacent to an activating group) is 1. The van der Waals surface area contributed by atoms with Gasteiger partial charge in [-0.3, -0.25) is 9.80 Å². The van der Waals surface area contributed by atoms with E-state index in [9.17, 15) is 14.4 Å². The van der Waals surface area contributed by atoms with Gasteiger partial charge in [-0.05, 0) is 43.0 Å². The first kappa shape index (κ1) is 28.2. The van der Waals surface area contributed by atoms with Crippen molar-refractivity contribution in [1.29, 1.82) is 0 Å². The van der Waals surface area contributed by atoms with Crippen molar-refractivity contribution in [2.24, 2.45) is 0 Å². The first-order valence-electron chi connectivity index (χ1n) is 13.6. The zero-order valence-corrected chi connectivity index (χ0v) is 23.4. The van der Waals surface area contributed by atoms with E-state index in [0.717, 1.165) is 11.3 Å². The Hall–Kier alpha value is -3.85. The normalized spacial score (nSPS) is 20.2. The SMILES string of the molecule is CCOC(=O)C1=C(CN2CCN(C(=O)Nc3ccccc3)[C@@H](C)C2)N(C)C(=O)N[C@H]1c1ccc(C(C)C)cc1. The summed E-state index contributed by atoms with van der Waals surface area (Å²) in [5, 5.41) is 5.95. The highest BCUT2D eigenvalue weighted by Crippen LogP contribution is 2.32. The summed E-state index contributed by atoms with van der Waals surface area (Å²) in [7, 11) is 1.68. The number of hydrogen-bond acceptors (Lipinski definition) is 5. The quantitative estimate of drug-likeness (QED) is 0.509. The average molecular weight is 534 g/mol. The number of esters is 1. The standard InChI is InChI=1S/C30H39N5O4/c1-6-39-28(36)26-25(33(5)29(37)32-27(26)23-14-12-22(13-15-23)20(2)3)19-34-16-17-35(21(4)18-34)30(38)31-24-10-8-7-9-11-24/h7-15,20-21,27H,6,16-19H2,1-5H3,(H,31,38)(H,32,37)/t21-,27-/m0/s1. The zero-order valence-electron chi connectivity index (χ0n) is 23.4. The summed E-state index contributed by atoms with van der Waals surface area (Å²) in [6.45, 7) is 10.4. The maximum atomic E-state index is 13.3. The Bertz CT molecular complexity index is 1210. The number of piperazine rings is 1. The lowest BCUT2D eigenvalue weighted by molar-refractivity contribution is -0.139. The maximum absolute atomic E-state index is 13.3. The van der Waals surface area contributed by atoms with Gasteiger partial charge in [0, 0.05) is 50.7 Å². The summed E-state index contributed by atoms with van der Waals surface area (Å²) in [4.78, 5) is 44.8. The van der Waals surface area contributed by atoms with Crippen LogP contribution in [0, 0.1) is 0 Å². The van der Waals surface area contributed by atoms with Crippen LogP contribution in [0.2, 0.25) is 0 Å². The van der Waals surface area contributed by atoms with Crippen LogP contribution in [0.25, 0.3) is 0 Å². The molecule has 1 fully saturated rings. The highest BCUT2D eigenvalue weighted by molar-refractivity contribution is 5.95. The van der Waals surface area contributed by atoms with E-state index in [4.69, 9.17) is 4.74 Å². The molecule has 39 heavy (non-hydrogen) atoms. The molecule has 4 rings (SSSR count). The maximum Gasteiger partial charge on any atom is 0.338 e. The van der Waals surface area contributed by atoms with E-state index >= 15 is 0 Å². The van der Waals surface area contributed by atoms with Gasteiger partial charge in [-0.1, -0.05) is 56.3 Å². The number of anilines is 1. The van der Waals surface area contributed by atoms with E-state index in [2.05, 4.69) is 29.4 Å². The van der Waals surface area contributed by atoms with E-state index < -0.39 is 12.0 Å². The number of nitrogens with zero attached hydrogens (tertiary/aromatic N) is 3. The Morgan fingerprint density at radius 1 is 1.08 bits per heavy atom. The number of carbonyl (C=O) groups is 3. The average Bonchev–Trinajstić information content (AvgIpc) is 2.91. The van der Waals surface area contributed by atoms with E-state index in [1.165, 1.54) is 10.5 Å². The van der Waals surface area contributed by atoms with Gasteiger partial charge in [-0.25, -0.2) is 14.4 Å². The molecule has 0 aliphatic carbocycles. The van der Waals surface area contributed by atoms with Crippen LogP contribution < -0.4 is 10.6 Å². The number of nitrogens with one attached hydrogen (secondary N) is 2. The minimum absolute atomic E-state index is 0.0591. The number of ether oxygens (including phenoxy) is 1. The van der Waals surface area contributed by atoms with Crippen LogP contribution in [-0.4, -0.2) is 78.6 Å². The lowest BCUT2D eigenvalue weighted by Gasteiger charge is -2.42. The molecule has 208 valence electrons. The summed E-state index contributed by atoms with van der Waals surface area (Å²) < 4.78 is 5.47. The summed E-state index contributed by atoms with van der Waals surface area (Å²) in [6, 6.07) is 16.3. The molecule has 2 aromatic carbocycles. The third kappa shape index (κ3) is 6.42. The van der Waals surface area contributed by atoms with Gasteiger partial charge in [-0.15, -0.1) is 0 Å². The van der Waals surface area contributed by atoms with Crippen molar-refractivity contribution in [3.8, 4) is 0 Å². The number of carbonyl (C=O) groups excluding carboxylic acids is 3. The van der Waals surface area contributed by atoms with Crippen LogP contribution in [0.15, 0.2) is 65.9 Å². The topological polar surface area (TPSA) is 94.2 Å². The lowest BCUT2D eigenvalue weighted by atomic mass is 9.92. The van der Waals surface area contributed by atoms with Gasteiger partial charge in [0.15, 0.2) is 0 Å². The zero-order chi connectivity index (χ0) is 28.1. The molecule has 0 radical (unpaired) electrons. The second-order valence-electron chi connectivity index (χ2n) is 10.4. The second-order valence-corrected chi connectivity index (χ2v) is 10.4. The fourth-order valence-electron chi connectivity index (χ4n) is 5.13. The van der Waals surface area contributed by atoms with Gasteiger partial charge in [0.05, 0.1) is 18.2 Å². The van der Waals surface area contributed by atoms with Gasteiger partial charge in [0.25, 0.3) is 0 Å². The number of para-hydroxylation sites is 1. The molecule has 0 bridgehead atoms. The van der Waals surface area contributed by atoms with E-state index in [1.807, 2.05) is 66.4 Å². The smallest absolute Gasteiger partial charge is 0.338 e. The number of benzene rings is 2. The molecule has 2 heterocycles. The molecule has 4 amide bonds. The molecule has 2 N–H and O–H groups in total. The highest BCUT2D eigenvalue weighted by Gasteiger charge is 2.38.